The average molecular weight is 110 g/mol. The first-order valence-electron chi connectivity index (χ1n) is 3.23. The van der Waals surface area contributed by atoms with Crippen LogP contribution in [0.2, 0.25) is 0 Å². The van der Waals surface area contributed by atoms with Crippen molar-refractivity contribution >= 4 is 7.98 Å². The zero-order valence-electron chi connectivity index (χ0n) is 5.17. The van der Waals surface area contributed by atoms with Gasteiger partial charge in [0.15, 0.2) is 7.98 Å². The van der Waals surface area contributed by atoms with E-state index in [1.807, 2.05) is 0 Å². The Bertz CT molecular complexity index is 105. The molecule has 0 radical (unpaired) electrons. The first-order valence-corrected chi connectivity index (χ1v) is 3.23. The monoisotopic (exact) mass is 110 g/mol. The quantitative estimate of drug-likeness (QED) is 0.381. The number of nitrogens with zero attached hydrogens (tertiary/aromatic N) is 1. The first-order chi connectivity index (χ1) is 3.79. The normalized spacial score (nSPS) is 53.9. The van der Waals surface area contributed by atoms with Crippen LogP contribution in [0.4, 0.5) is 0 Å². The third-order valence-corrected chi connectivity index (χ3v) is 2.44. The fourth-order valence-corrected chi connectivity index (χ4v) is 1.78. The molecule has 1 aliphatic carbocycles. The molecule has 0 aromatic carbocycles. The van der Waals surface area contributed by atoms with Crippen LogP contribution in [0.25, 0.3) is 0 Å². The molecule has 2 rings (SSSR count). The van der Waals surface area contributed by atoms with Gasteiger partial charge in [0.05, 0.1) is 0 Å². The number of hydrogen-bond donors (Lipinski definition) is 1. The molecule has 8 heavy (non-hydrogen) atoms. The van der Waals surface area contributed by atoms with Gasteiger partial charge in [-0.3, -0.25) is 0 Å². The van der Waals surface area contributed by atoms with Gasteiger partial charge in [0.1, 0.15) is 0 Å². The van der Waals surface area contributed by atoms with E-state index >= 15 is 0 Å². The Morgan fingerprint density at radius 2 is 1.88 bits per heavy atom. The molecular weight excluding hydrogens is 98.9 g/mol. The molecule has 0 spiro atoms. The summed E-state index contributed by atoms with van der Waals surface area (Å²) in [5.74, 6) is 1.72. The maximum absolute atomic E-state index is 5.71. The Labute approximate surface area is 50.5 Å². The summed E-state index contributed by atoms with van der Waals surface area (Å²) in [6.07, 6.45) is 0. The molecule has 0 aromatic heterocycles. The van der Waals surface area contributed by atoms with E-state index < -0.39 is 0 Å². The van der Waals surface area contributed by atoms with E-state index in [-0.39, 0.29) is 0 Å². The Hall–Kier alpha value is -0.0151. The van der Waals surface area contributed by atoms with Gasteiger partial charge < -0.3 is 10.5 Å². The Morgan fingerprint density at radius 3 is 2.25 bits per heavy atom. The Morgan fingerprint density at radius 1 is 1.38 bits per heavy atom. The van der Waals surface area contributed by atoms with Crippen LogP contribution in [0.15, 0.2) is 0 Å². The second-order valence-electron chi connectivity index (χ2n) is 3.13. The van der Waals surface area contributed by atoms with E-state index in [2.05, 4.69) is 12.8 Å². The molecule has 1 saturated carbocycles. The molecule has 1 aliphatic heterocycles. The zero-order chi connectivity index (χ0) is 5.72. The minimum absolute atomic E-state index is 0.561. The van der Waals surface area contributed by atoms with Crippen molar-refractivity contribution in [2.45, 2.75) is 6.04 Å². The van der Waals surface area contributed by atoms with Gasteiger partial charge in [-0.1, -0.05) is 0 Å². The third-order valence-electron chi connectivity index (χ3n) is 2.44. The van der Waals surface area contributed by atoms with Crippen LogP contribution < -0.4 is 5.73 Å². The summed E-state index contributed by atoms with van der Waals surface area (Å²) in [4.78, 5) is 2.36. The Balaban J connectivity index is 2.00. The lowest BCUT2D eigenvalue weighted by atomic mass is 10.3. The molecule has 0 amide bonds. The maximum atomic E-state index is 5.71. The van der Waals surface area contributed by atoms with Crippen molar-refractivity contribution in [3.63, 3.8) is 0 Å². The van der Waals surface area contributed by atoms with Crippen LogP contribution in [-0.2, 0) is 0 Å². The smallest absolute Gasteiger partial charge is 0.185 e. The highest BCUT2D eigenvalue weighted by atomic mass is 15.1. The van der Waals surface area contributed by atoms with Gasteiger partial charge in [0.25, 0.3) is 0 Å². The highest BCUT2D eigenvalue weighted by molar-refractivity contribution is 6.04. The van der Waals surface area contributed by atoms with Crippen LogP contribution in [-0.4, -0.2) is 31.9 Å². The predicted molar refractivity (Wildman–Crippen MR) is 35.1 cm³/mol. The van der Waals surface area contributed by atoms with Gasteiger partial charge >= 0.3 is 0 Å². The van der Waals surface area contributed by atoms with Gasteiger partial charge in [-0.2, -0.15) is 0 Å². The first kappa shape index (κ1) is 4.83. The van der Waals surface area contributed by atoms with Crippen molar-refractivity contribution in [1.82, 2.24) is 4.81 Å². The lowest BCUT2D eigenvalue weighted by molar-refractivity contribution is 0.480. The number of piperidine rings is 1. The second kappa shape index (κ2) is 1.28. The molecule has 2 N–H and O–H groups in total. The zero-order valence-corrected chi connectivity index (χ0v) is 5.17. The van der Waals surface area contributed by atoms with Crippen LogP contribution in [0.1, 0.15) is 0 Å². The van der Waals surface area contributed by atoms with Crippen molar-refractivity contribution in [1.29, 1.82) is 0 Å². The maximum Gasteiger partial charge on any atom is 0.185 e. The summed E-state index contributed by atoms with van der Waals surface area (Å²) in [5, 5.41) is 0. The number of fused-ring (bicyclic) bond motifs is 1. The topological polar surface area (TPSA) is 29.3 Å². The van der Waals surface area contributed by atoms with Crippen LogP contribution in [0, 0.1) is 11.8 Å². The number of rotatable bonds is 0. The molecule has 44 valence electrons. The molecule has 1 saturated heterocycles. The summed E-state index contributed by atoms with van der Waals surface area (Å²) in [7, 11) is 2.17. The van der Waals surface area contributed by atoms with Crippen molar-refractivity contribution in [2.24, 2.45) is 17.6 Å². The fourth-order valence-electron chi connectivity index (χ4n) is 1.78. The SMILES string of the molecule is BN1C[C@@H]2[C@@H](N)[C@@H]2C1. The minimum Gasteiger partial charge on any atom is -0.348 e. The molecule has 0 unspecified atom stereocenters. The molecule has 2 nitrogen and oxygen atoms in total. The number of nitrogens with two attached hydrogens (primary N) is 1. The van der Waals surface area contributed by atoms with Crippen LogP contribution in [0.3, 0.4) is 0 Å². The molecule has 3 atom stereocenters. The molecule has 3 heteroatoms. The standard InChI is InChI=1S/C5H11BN2/c6-8-1-3-4(2-8)5(3)7/h3-5H,1-2,6-7H2/t3-,4+,5+. The van der Waals surface area contributed by atoms with Gasteiger partial charge in [-0.15, -0.1) is 0 Å². The summed E-state index contributed by atoms with van der Waals surface area (Å²) in [5.41, 5.74) is 5.71. The third kappa shape index (κ3) is 0.460. The predicted octanol–water partition coefficient (Wildman–Crippen LogP) is -1.58. The van der Waals surface area contributed by atoms with Crippen molar-refractivity contribution in [3.05, 3.63) is 0 Å². The van der Waals surface area contributed by atoms with Crippen molar-refractivity contribution < 1.29 is 0 Å². The van der Waals surface area contributed by atoms with Gasteiger partial charge in [-0.25, -0.2) is 0 Å². The van der Waals surface area contributed by atoms with E-state index in [0.717, 1.165) is 11.8 Å². The lowest BCUT2D eigenvalue weighted by Crippen LogP contribution is -2.25. The molecule has 1 heterocycles. The molecule has 2 fully saturated rings. The van der Waals surface area contributed by atoms with E-state index in [1.165, 1.54) is 13.1 Å². The van der Waals surface area contributed by atoms with Gasteiger partial charge in [0, 0.05) is 6.04 Å². The molecular formula is C5H11BN2. The summed E-state index contributed by atoms with van der Waals surface area (Å²) in [6.45, 7) is 2.48. The fraction of sp³-hybridized carbons (Fsp3) is 1.00. The summed E-state index contributed by atoms with van der Waals surface area (Å²) < 4.78 is 0. The van der Waals surface area contributed by atoms with Gasteiger partial charge in [0.2, 0.25) is 0 Å². The second-order valence-corrected chi connectivity index (χ2v) is 3.13. The Kier molecular flexibility index (Phi) is 0.772. The highest BCUT2D eigenvalue weighted by Crippen LogP contribution is 2.42. The number of hydrogen-bond acceptors (Lipinski definition) is 2. The summed E-state index contributed by atoms with van der Waals surface area (Å²) >= 11 is 0. The van der Waals surface area contributed by atoms with Crippen LogP contribution >= 0.6 is 0 Å². The van der Waals surface area contributed by atoms with E-state index in [0.29, 0.717) is 6.04 Å². The summed E-state index contributed by atoms with van der Waals surface area (Å²) in [6, 6.07) is 0.561. The van der Waals surface area contributed by atoms with E-state index in [1.54, 1.807) is 0 Å². The molecule has 2 aliphatic rings. The van der Waals surface area contributed by atoms with E-state index in [9.17, 15) is 0 Å². The molecule has 0 bridgehead atoms. The highest BCUT2D eigenvalue weighted by Gasteiger charge is 2.52. The van der Waals surface area contributed by atoms with Gasteiger partial charge in [-0.05, 0) is 24.9 Å². The van der Waals surface area contributed by atoms with Crippen LogP contribution in [0.5, 0.6) is 0 Å². The average Bonchev–Trinajstić information content (AvgIpc) is 2.29. The molecule has 0 aromatic rings. The lowest BCUT2D eigenvalue weighted by Gasteiger charge is -2.09. The van der Waals surface area contributed by atoms with E-state index in [4.69, 9.17) is 5.73 Å². The van der Waals surface area contributed by atoms with Crippen molar-refractivity contribution in [2.75, 3.05) is 13.1 Å². The van der Waals surface area contributed by atoms with Crippen molar-refractivity contribution in [3.8, 4) is 0 Å². The largest absolute Gasteiger partial charge is 0.348 e. The minimum atomic E-state index is 0.561.